The zero-order valence-corrected chi connectivity index (χ0v) is 15.9. The molecule has 0 saturated carbocycles. The second kappa shape index (κ2) is 7.50. The highest BCUT2D eigenvalue weighted by molar-refractivity contribution is 7.92. The maximum absolute atomic E-state index is 12.5. The average Bonchev–Trinajstić information content (AvgIpc) is 3.16. The molecular formula is C20H24N2O3S. The lowest BCUT2D eigenvalue weighted by atomic mass is 10.0. The Bertz CT molecular complexity index is 866. The van der Waals surface area contributed by atoms with E-state index in [9.17, 15) is 13.2 Å². The monoisotopic (exact) mass is 372 g/mol. The number of benzene rings is 2. The van der Waals surface area contributed by atoms with E-state index >= 15 is 0 Å². The van der Waals surface area contributed by atoms with Crippen molar-refractivity contribution in [1.29, 1.82) is 0 Å². The Balaban J connectivity index is 1.72. The molecule has 6 heteroatoms. The first-order valence-corrected chi connectivity index (χ1v) is 10.4. The predicted octanol–water partition coefficient (Wildman–Crippen LogP) is 3.85. The van der Waals surface area contributed by atoms with Gasteiger partial charge >= 0.3 is 0 Å². The maximum atomic E-state index is 12.5. The van der Waals surface area contributed by atoms with Gasteiger partial charge in [0.05, 0.1) is 4.90 Å². The van der Waals surface area contributed by atoms with Crippen LogP contribution in [0.2, 0.25) is 0 Å². The third kappa shape index (κ3) is 4.07. The summed E-state index contributed by atoms with van der Waals surface area (Å²) in [6, 6.07) is 13.5. The average molecular weight is 372 g/mol. The molecule has 1 amide bonds. The summed E-state index contributed by atoms with van der Waals surface area (Å²) < 4.78 is 27.6. The van der Waals surface area contributed by atoms with Crippen LogP contribution in [0.4, 0.5) is 5.69 Å². The lowest BCUT2D eigenvalue weighted by Crippen LogP contribution is -2.27. The van der Waals surface area contributed by atoms with Gasteiger partial charge in [-0.1, -0.05) is 26.0 Å². The smallest absolute Gasteiger partial charge is 0.261 e. The number of nitrogens with zero attached hydrogens (tertiary/aromatic N) is 1. The van der Waals surface area contributed by atoms with Crippen molar-refractivity contribution >= 4 is 21.6 Å². The summed E-state index contributed by atoms with van der Waals surface area (Å²) in [5.74, 6) is 0.349. The molecule has 1 N–H and O–H groups in total. The Hall–Kier alpha value is -2.34. The van der Waals surface area contributed by atoms with E-state index in [-0.39, 0.29) is 10.8 Å². The van der Waals surface area contributed by atoms with E-state index < -0.39 is 10.0 Å². The summed E-state index contributed by atoms with van der Waals surface area (Å²) >= 11 is 0. The van der Waals surface area contributed by atoms with Crippen LogP contribution in [0, 0.1) is 0 Å². The lowest BCUT2D eigenvalue weighted by Gasteiger charge is -2.15. The van der Waals surface area contributed by atoms with Crippen LogP contribution in [0.15, 0.2) is 53.4 Å². The van der Waals surface area contributed by atoms with Gasteiger partial charge in [0, 0.05) is 24.3 Å². The highest BCUT2D eigenvalue weighted by atomic mass is 32.2. The largest absolute Gasteiger partial charge is 0.339 e. The van der Waals surface area contributed by atoms with E-state index in [4.69, 9.17) is 0 Å². The van der Waals surface area contributed by atoms with Crippen LogP contribution in [-0.4, -0.2) is 32.3 Å². The number of sulfonamides is 1. The van der Waals surface area contributed by atoms with Crippen molar-refractivity contribution in [2.75, 3.05) is 17.8 Å². The molecule has 0 unspecified atom stereocenters. The normalized spacial score (nSPS) is 14.7. The highest BCUT2D eigenvalue weighted by Crippen LogP contribution is 2.21. The van der Waals surface area contributed by atoms with Crippen LogP contribution in [0.25, 0.3) is 0 Å². The van der Waals surface area contributed by atoms with Crippen molar-refractivity contribution in [3.8, 4) is 0 Å². The first-order valence-electron chi connectivity index (χ1n) is 8.89. The van der Waals surface area contributed by atoms with Crippen molar-refractivity contribution in [1.82, 2.24) is 4.90 Å². The molecular weight excluding hydrogens is 348 g/mol. The Labute approximate surface area is 155 Å². The topological polar surface area (TPSA) is 66.5 Å². The van der Waals surface area contributed by atoms with Crippen LogP contribution < -0.4 is 4.72 Å². The van der Waals surface area contributed by atoms with Crippen LogP contribution in [0.3, 0.4) is 0 Å². The van der Waals surface area contributed by atoms with Crippen molar-refractivity contribution in [2.45, 2.75) is 37.5 Å². The first kappa shape index (κ1) is 18.5. The van der Waals surface area contributed by atoms with E-state index in [1.54, 1.807) is 36.4 Å². The Morgan fingerprint density at radius 2 is 1.54 bits per heavy atom. The molecule has 1 saturated heterocycles. The number of carbonyl (C=O) groups is 1. The van der Waals surface area contributed by atoms with E-state index in [0.717, 1.165) is 31.5 Å². The molecule has 0 atom stereocenters. The van der Waals surface area contributed by atoms with Gasteiger partial charge in [0.2, 0.25) is 0 Å². The van der Waals surface area contributed by atoms with Gasteiger partial charge in [-0.2, -0.15) is 0 Å². The number of rotatable bonds is 5. The first-order chi connectivity index (χ1) is 12.4. The van der Waals surface area contributed by atoms with Gasteiger partial charge in [0.25, 0.3) is 15.9 Å². The summed E-state index contributed by atoms with van der Waals surface area (Å²) in [5.41, 5.74) is 2.11. The molecule has 1 fully saturated rings. The molecule has 138 valence electrons. The number of carbonyl (C=O) groups excluding carboxylic acids is 1. The predicted molar refractivity (Wildman–Crippen MR) is 103 cm³/mol. The second-order valence-electron chi connectivity index (χ2n) is 6.91. The Morgan fingerprint density at radius 1 is 0.962 bits per heavy atom. The van der Waals surface area contributed by atoms with Gasteiger partial charge in [-0.05, 0) is 60.7 Å². The van der Waals surface area contributed by atoms with E-state index in [2.05, 4.69) is 18.6 Å². The van der Waals surface area contributed by atoms with Crippen molar-refractivity contribution < 1.29 is 13.2 Å². The molecule has 5 nitrogen and oxygen atoms in total. The van der Waals surface area contributed by atoms with Gasteiger partial charge in [0.1, 0.15) is 0 Å². The number of hydrogen-bond donors (Lipinski definition) is 1. The van der Waals surface area contributed by atoms with E-state index in [0.29, 0.717) is 17.2 Å². The molecule has 0 aromatic heterocycles. The van der Waals surface area contributed by atoms with Gasteiger partial charge in [-0.25, -0.2) is 8.42 Å². The highest BCUT2D eigenvalue weighted by Gasteiger charge is 2.20. The van der Waals surface area contributed by atoms with Gasteiger partial charge in [0.15, 0.2) is 0 Å². The standard InChI is InChI=1S/C20H24N2O3S/c1-15(2)16-7-11-19(12-8-16)26(24,25)21-18-9-5-17(6-10-18)20(23)22-13-3-4-14-22/h5-12,15,21H,3-4,13-14H2,1-2H3. The zero-order chi connectivity index (χ0) is 18.7. The molecule has 0 bridgehead atoms. The summed E-state index contributed by atoms with van der Waals surface area (Å²) in [4.78, 5) is 14.4. The molecule has 1 heterocycles. The molecule has 0 radical (unpaired) electrons. The van der Waals surface area contributed by atoms with Crippen LogP contribution in [0.1, 0.15) is 48.5 Å². The number of nitrogens with one attached hydrogen (secondary N) is 1. The molecule has 1 aliphatic heterocycles. The molecule has 0 spiro atoms. The number of hydrogen-bond acceptors (Lipinski definition) is 3. The molecule has 26 heavy (non-hydrogen) atoms. The SMILES string of the molecule is CC(C)c1ccc(S(=O)(=O)Nc2ccc(C(=O)N3CCCC3)cc2)cc1. The third-order valence-corrected chi connectivity index (χ3v) is 6.03. The molecule has 1 aliphatic rings. The number of amides is 1. The second-order valence-corrected chi connectivity index (χ2v) is 8.59. The van der Waals surface area contributed by atoms with E-state index in [1.165, 1.54) is 0 Å². The maximum Gasteiger partial charge on any atom is 0.261 e. The van der Waals surface area contributed by atoms with Crippen LogP contribution >= 0.6 is 0 Å². The van der Waals surface area contributed by atoms with Gasteiger partial charge < -0.3 is 4.90 Å². The van der Waals surface area contributed by atoms with Crippen molar-refractivity contribution in [3.63, 3.8) is 0 Å². The quantitative estimate of drug-likeness (QED) is 0.867. The van der Waals surface area contributed by atoms with Gasteiger partial charge in [-0.3, -0.25) is 9.52 Å². The molecule has 2 aromatic carbocycles. The van der Waals surface area contributed by atoms with Crippen molar-refractivity contribution in [2.24, 2.45) is 0 Å². The summed E-state index contributed by atoms with van der Waals surface area (Å²) in [6.45, 7) is 5.71. The number of anilines is 1. The van der Waals surface area contributed by atoms with Gasteiger partial charge in [-0.15, -0.1) is 0 Å². The third-order valence-electron chi connectivity index (χ3n) is 4.63. The fourth-order valence-electron chi connectivity index (χ4n) is 3.03. The minimum Gasteiger partial charge on any atom is -0.339 e. The minimum absolute atomic E-state index is 0.00109. The summed E-state index contributed by atoms with van der Waals surface area (Å²) in [7, 11) is -3.65. The Morgan fingerprint density at radius 3 is 2.08 bits per heavy atom. The number of likely N-dealkylation sites (tertiary alicyclic amines) is 1. The molecule has 2 aromatic rings. The molecule has 3 rings (SSSR count). The summed E-state index contributed by atoms with van der Waals surface area (Å²) in [6.07, 6.45) is 2.08. The van der Waals surface area contributed by atoms with Crippen LogP contribution in [0.5, 0.6) is 0 Å². The minimum atomic E-state index is -3.65. The van der Waals surface area contributed by atoms with E-state index in [1.807, 2.05) is 17.0 Å². The fraction of sp³-hybridized carbons (Fsp3) is 0.350. The van der Waals surface area contributed by atoms with Crippen LogP contribution in [-0.2, 0) is 10.0 Å². The summed E-state index contributed by atoms with van der Waals surface area (Å²) in [5, 5.41) is 0. The Kier molecular flexibility index (Phi) is 5.32. The molecule has 0 aliphatic carbocycles. The fourth-order valence-corrected chi connectivity index (χ4v) is 4.09. The zero-order valence-electron chi connectivity index (χ0n) is 15.1. The van der Waals surface area contributed by atoms with Crippen molar-refractivity contribution in [3.05, 3.63) is 59.7 Å². The lowest BCUT2D eigenvalue weighted by molar-refractivity contribution is 0.0793.